The Morgan fingerprint density at radius 1 is 1.03 bits per heavy atom. The third-order valence-electron chi connectivity index (χ3n) is 5.48. The number of hydrogen-bond acceptors (Lipinski definition) is 5. The first-order valence-corrected chi connectivity index (χ1v) is 9.38. The topological polar surface area (TPSA) is 83.1 Å². The minimum absolute atomic E-state index is 0.0853. The minimum atomic E-state index is -0.628. The fourth-order valence-corrected chi connectivity index (χ4v) is 3.87. The van der Waals surface area contributed by atoms with Gasteiger partial charge in [0, 0.05) is 31.5 Å². The van der Waals surface area contributed by atoms with Gasteiger partial charge in [-0.1, -0.05) is 0 Å². The highest BCUT2D eigenvalue weighted by molar-refractivity contribution is 5.95. The number of carbonyl (C=O) groups excluding carboxylic acids is 2. The molecule has 0 atom stereocenters. The summed E-state index contributed by atoms with van der Waals surface area (Å²) in [6.07, 6.45) is 1.10. The zero-order valence-corrected chi connectivity index (χ0v) is 15.5. The van der Waals surface area contributed by atoms with Crippen molar-refractivity contribution in [2.45, 2.75) is 18.5 Å². The smallest absolute Gasteiger partial charge is 0.338 e. The summed E-state index contributed by atoms with van der Waals surface area (Å²) in [7, 11) is 0. The second-order valence-electron chi connectivity index (χ2n) is 7.30. The Morgan fingerprint density at radius 2 is 1.76 bits per heavy atom. The number of anilines is 1. The number of nitrogens with zero attached hydrogens (tertiary/aromatic N) is 2. The number of carbonyl (C=O) groups is 2. The lowest BCUT2D eigenvalue weighted by atomic mass is 9.97. The molecule has 2 saturated heterocycles. The van der Waals surface area contributed by atoms with Gasteiger partial charge in [0.1, 0.15) is 11.5 Å². The lowest BCUT2D eigenvalue weighted by molar-refractivity contribution is 0.0640. The van der Waals surface area contributed by atoms with Crippen molar-refractivity contribution < 1.29 is 23.5 Å². The number of benzene rings is 2. The van der Waals surface area contributed by atoms with Crippen molar-refractivity contribution in [3.63, 3.8) is 0 Å². The quantitative estimate of drug-likeness (QED) is 0.811. The van der Waals surface area contributed by atoms with Crippen molar-refractivity contribution in [1.82, 2.24) is 15.6 Å². The third kappa shape index (κ3) is 3.13. The molecular weight excluding hydrogens is 379 g/mol. The summed E-state index contributed by atoms with van der Waals surface area (Å²) >= 11 is 0. The van der Waals surface area contributed by atoms with Gasteiger partial charge in [-0.25, -0.2) is 19.6 Å². The van der Waals surface area contributed by atoms with Crippen LogP contribution in [0.1, 0.15) is 23.2 Å². The van der Waals surface area contributed by atoms with Crippen LogP contribution in [0.4, 0.5) is 14.9 Å². The van der Waals surface area contributed by atoms with Crippen molar-refractivity contribution in [3.05, 3.63) is 53.8 Å². The number of hydrazine groups is 1. The van der Waals surface area contributed by atoms with Crippen LogP contribution in [0.15, 0.2) is 42.5 Å². The van der Waals surface area contributed by atoms with Gasteiger partial charge in [0.15, 0.2) is 11.5 Å². The molecule has 150 valence electrons. The number of halogens is 1. The fourth-order valence-electron chi connectivity index (χ4n) is 3.87. The Hall–Kier alpha value is -3.33. The molecule has 3 amide bonds. The Labute approximate surface area is 166 Å². The summed E-state index contributed by atoms with van der Waals surface area (Å²) in [6, 6.07) is 10.6. The van der Waals surface area contributed by atoms with Crippen molar-refractivity contribution in [3.8, 4) is 11.5 Å². The van der Waals surface area contributed by atoms with E-state index >= 15 is 0 Å². The molecule has 0 saturated carbocycles. The van der Waals surface area contributed by atoms with Gasteiger partial charge in [-0.3, -0.25) is 4.79 Å². The number of hydrogen-bond donors (Lipinski definition) is 2. The molecule has 5 rings (SSSR count). The molecule has 0 radical (unpaired) electrons. The monoisotopic (exact) mass is 398 g/mol. The van der Waals surface area contributed by atoms with Gasteiger partial charge in [0.05, 0.1) is 5.69 Å². The molecule has 0 aromatic heterocycles. The Bertz CT molecular complexity index is 973. The van der Waals surface area contributed by atoms with E-state index in [2.05, 4.69) is 10.7 Å². The number of piperidine rings is 1. The first-order valence-electron chi connectivity index (χ1n) is 9.38. The van der Waals surface area contributed by atoms with E-state index in [1.807, 2.05) is 0 Å². The predicted octanol–water partition coefficient (Wildman–Crippen LogP) is 2.22. The lowest BCUT2D eigenvalue weighted by Crippen LogP contribution is -2.58. The minimum Gasteiger partial charge on any atom is -0.454 e. The summed E-state index contributed by atoms with van der Waals surface area (Å²) in [5.74, 6) is 0.762. The largest absolute Gasteiger partial charge is 0.454 e. The van der Waals surface area contributed by atoms with Gasteiger partial charge in [0.25, 0.3) is 5.91 Å². The van der Waals surface area contributed by atoms with E-state index in [0.29, 0.717) is 48.7 Å². The maximum atomic E-state index is 13.2. The molecule has 8 nitrogen and oxygen atoms in total. The van der Waals surface area contributed by atoms with Gasteiger partial charge in [-0.15, -0.1) is 0 Å². The number of ether oxygens (including phenoxy) is 2. The van der Waals surface area contributed by atoms with Crippen LogP contribution in [0.5, 0.6) is 11.5 Å². The van der Waals surface area contributed by atoms with Crippen LogP contribution in [-0.2, 0) is 0 Å². The molecule has 3 aliphatic heterocycles. The van der Waals surface area contributed by atoms with Crippen molar-refractivity contribution in [2.75, 3.05) is 24.9 Å². The molecule has 0 aliphatic carbocycles. The average Bonchev–Trinajstić information content (AvgIpc) is 3.32. The van der Waals surface area contributed by atoms with Crippen LogP contribution in [-0.4, -0.2) is 42.4 Å². The predicted molar refractivity (Wildman–Crippen MR) is 101 cm³/mol. The number of rotatable bonds is 2. The molecule has 2 aromatic rings. The molecule has 2 N–H and O–H groups in total. The van der Waals surface area contributed by atoms with Gasteiger partial charge in [-0.05, 0) is 42.5 Å². The Balaban J connectivity index is 1.26. The molecule has 3 heterocycles. The highest BCUT2D eigenvalue weighted by Crippen LogP contribution is 2.33. The molecule has 0 bridgehead atoms. The maximum absolute atomic E-state index is 13.2. The summed E-state index contributed by atoms with van der Waals surface area (Å²) in [5, 5.41) is 4.36. The first-order chi connectivity index (χ1) is 14.0. The van der Waals surface area contributed by atoms with Crippen LogP contribution in [0.2, 0.25) is 0 Å². The fraction of sp³-hybridized carbons (Fsp3) is 0.300. The lowest BCUT2D eigenvalue weighted by Gasteiger charge is -2.38. The van der Waals surface area contributed by atoms with Crippen LogP contribution in [0, 0.1) is 5.82 Å². The molecule has 3 aliphatic rings. The Kier molecular flexibility index (Phi) is 4.06. The number of likely N-dealkylation sites (tertiary alicyclic amines) is 1. The number of urea groups is 1. The molecule has 0 unspecified atom stereocenters. The van der Waals surface area contributed by atoms with Crippen molar-refractivity contribution in [1.29, 1.82) is 0 Å². The highest BCUT2D eigenvalue weighted by Gasteiger charge is 2.45. The molecule has 2 fully saturated rings. The molecule has 29 heavy (non-hydrogen) atoms. The van der Waals surface area contributed by atoms with Crippen LogP contribution in [0.25, 0.3) is 0 Å². The standard InChI is InChI=1S/C20H19FN4O4/c21-14-2-4-15(5-3-14)25-19(27)22-20(23-25)7-9-24(10-8-20)18(26)13-1-6-16-17(11-13)29-12-28-16/h1-6,11,23H,7-10,12H2,(H,22,27). The van der Waals surface area contributed by atoms with Crippen molar-refractivity contribution >= 4 is 17.6 Å². The SMILES string of the molecule is O=C(c1ccc2c(c1)OCO2)N1CCC2(CC1)NC(=O)N(c1ccc(F)cc1)N2. The van der Waals surface area contributed by atoms with Crippen molar-refractivity contribution in [2.24, 2.45) is 0 Å². The first kappa shape index (κ1) is 17.7. The number of fused-ring (bicyclic) bond motifs is 1. The summed E-state index contributed by atoms with van der Waals surface area (Å²) in [5.41, 5.74) is 3.67. The van der Waals surface area contributed by atoms with Gasteiger partial charge < -0.3 is 19.7 Å². The highest BCUT2D eigenvalue weighted by atomic mass is 19.1. The summed E-state index contributed by atoms with van der Waals surface area (Å²) < 4.78 is 23.8. The van der Waals surface area contributed by atoms with E-state index < -0.39 is 5.66 Å². The van der Waals surface area contributed by atoms with E-state index in [0.717, 1.165) is 0 Å². The normalized spacial score (nSPS) is 19.6. The van der Waals surface area contributed by atoms with E-state index in [-0.39, 0.29) is 24.5 Å². The Morgan fingerprint density at radius 3 is 2.52 bits per heavy atom. The van der Waals surface area contributed by atoms with Gasteiger partial charge in [0.2, 0.25) is 6.79 Å². The summed E-state index contributed by atoms with van der Waals surface area (Å²) in [6.45, 7) is 1.13. The van der Waals surface area contributed by atoms with Crippen LogP contribution >= 0.6 is 0 Å². The molecule has 1 spiro atoms. The number of nitrogens with one attached hydrogen (secondary N) is 2. The zero-order valence-electron chi connectivity index (χ0n) is 15.5. The van der Waals surface area contributed by atoms with E-state index in [9.17, 15) is 14.0 Å². The summed E-state index contributed by atoms with van der Waals surface area (Å²) in [4.78, 5) is 27.1. The van der Waals surface area contributed by atoms with Gasteiger partial charge in [-0.2, -0.15) is 0 Å². The third-order valence-corrected chi connectivity index (χ3v) is 5.48. The molecule has 9 heteroatoms. The second kappa shape index (κ2) is 6.63. The maximum Gasteiger partial charge on any atom is 0.338 e. The zero-order chi connectivity index (χ0) is 20.0. The van der Waals surface area contributed by atoms with E-state index in [4.69, 9.17) is 9.47 Å². The number of amides is 3. The van der Waals surface area contributed by atoms with Crippen LogP contribution in [0.3, 0.4) is 0 Å². The second-order valence-corrected chi connectivity index (χ2v) is 7.30. The average molecular weight is 398 g/mol. The van der Waals surface area contributed by atoms with E-state index in [1.165, 1.54) is 17.1 Å². The van der Waals surface area contributed by atoms with Crippen LogP contribution < -0.4 is 25.2 Å². The van der Waals surface area contributed by atoms with Gasteiger partial charge >= 0.3 is 6.03 Å². The molecular formula is C20H19FN4O4. The molecule has 2 aromatic carbocycles. The van der Waals surface area contributed by atoms with E-state index in [1.54, 1.807) is 35.2 Å².